The zero-order valence-electron chi connectivity index (χ0n) is 10.6. The van der Waals surface area contributed by atoms with Crippen LogP contribution in [0.15, 0.2) is 0 Å². The SMILES string of the molecule is C[C@H]1CCN(C(=O)CN2CCNCC2=O)[C@H]1C. The maximum absolute atomic E-state index is 12.1. The van der Waals surface area contributed by atoms with Gasteiger partial charge in [-0.25, -0.2) is 0 Å². The summed E-state index contributed by atoms with van der Waals surface area (Å²) in [7, 11) is 0. The number of nitrogens with one attached hydrogen (secondary N) is 1. The second-order valence-electron chi connectivity index (χ2n) is 5.09. The molecule has 0 saturated carbocycles. The standard InChI is InChI=1S/C12H21N3O2/c1-9-3-5-15(10(9)2)12(17)8-14-6-4-13-7-11(14)16/h9-10,13H,3-8H2,1-2H3/t9-,10-/m0/s1. The molecule has 96 valence electrons. The van der Waals surface area contributed by atoms with Crippen LogP contribution in [0.25, 0.3) is 0 Å². The Balaban J connectivity index is 1.90. The number of hydrogen-bond acceptors (Lipinski definition) is 3. The van der Waals surface area contributed by atoms with Crippen molar-refractivity contribution in [3.05, 3.63) is 0 Å². The molecule has 0 bridgehead atoms. The molecule has 2 saturated heterocycles. The molecule has 5 heteroatoms. The number of amides is 2. The van der Waals surface area contributed by atoms with E-state index in [0.29, 0.717) is 25.0 Å². The molecule has 5 nitrogen and oxygen atoms in total. The van der Waals surface area contributed by atoms with Gasteiger partial charge in [0.05, 0.1) is 13.1 Å². The highest BCUT2D eigenvalue weighted by Crippen LogP contribution is 2.23. The fraction of sp³-hybridized carbons (Fsp3) is 0.833. The molecule has 0 radical (unpaired) electrons. The minimum absolute atomic E-state index is 0.0319. The summed E-state index contributed by atoms with van der Waals surface area (Å²) in [5.74, 6) is 0.694. The number of nitrogens with zero attached hydrogens (tertiary/aromatic N) is 2. The van der Waals surface area contributed by atoms with Gasteiger partial charge in [0.25, 0.3) is 0 Å². The molecule has 0 unspecified atom stereocenters. The molecule has 17 heavy (non-hydrogen) atoms. The lowest BCUT2D eigenvalue weighted by atomic mass is 10.1. The van der Waals surface area contributed by atoms with Crippen molar-refractivity contribution in [2.75, 3.05) is 32.7 Å². The molecule has 1 N–H and O–H groups in total. The third kappa shape index (κ3) is 2.60. The van der Waals surface area contributed by atoms with Gasteiger partial charge in [0, 0.05) is 25.7 Å². The normalized spacial score (nSPS) is 29.9. The van der Waals surface area contributed by atoms with Gasteiger partial charge < -0.3 is 15.1 Å². The Labute approximate surface area is 102 Å². The number of hydrogen-bond donors (Lipinski definition) is 1. The number of carbonyl (C=O) groups is 2. The largest absolute Gasteiger partial charge is 0.338 e. The van der Waals surface area contributed by atoms with E-state index < -0.39 is 0 Å². The van der Waals surface area contributed by atoms with E-state index in [4.69, 9.17) is 0 Å². The summed E-state index contributed by atoms with van der Waals surface area (Å²) >= 11 is 0. The predicted octanol–water partition coefficient (Wildman–Crippen LogP) is -0.325. The van der Waals surface area contributed by atoms with E-state index in [2.05, 4.69) is 19.2 Å². The fourth-order valence-corrected chi connectivity index (χ4v) is 2.51. The molecular weight excluding hydrogens is 218 g/mol. The summed E-state index contributed by atoms with van der Waals surface area (Å²) in [6, 6.07) is 0.306. The van der Waals surface area contributed by atoms with Crippen LogP contribution in [0.1, 0.15) is 20.3 Å². The van der Waals surface area contributed by atoms with E-state index in [1.165, 1.54) is 0 Å². The van der Waals surface area contributed by atoms with Gasteiger partial charge in [-0.1, -0.05) is 6.92 Å². The second kappa shape index (κ2) is 5.04. The second-order valence-corrected chi connectivity index (χ2v) is 5.09. The zero-order valence-corrected chi connectivity index (χ0v) is 10.6. The monoisotopic (exact) mass is 239 g/mol. The van der Waals surface area contributed by atoms with E-state index >= 15 is 0 Å². The maximum atomic E-state index is 12.1. The van der Waals surface area contributed by atoms with Crippen molar-refractivity contribution in [3.63, 3.8) is 0 Å². The third-order valence-electron chi connectivity index (χ3n) is 3.97. The molecule has 0 aromatic rings. The van der Waals surface area contributed by atoms with E-state index in [-0.39, 0.29) is 18.4 Å². The number of rotatable bonds is 2. The molecule has 2 aliphatic rings. The Hall–Kier alpha value is -1.10. The third-order valence-corrected chi connectivity index (χ3v) is 3.97. The molecule has 2 amide bonds. The van der Waals surface area contributed by atoms with Gasteiger partial charge in [0.1, 0.15) is 0 Å². The molecule has 0 aromatic heterocycles. The van der Waals surface area contributed by atoms with Crippen LogP contribution in [0.5, 0.6) is 0 Å². The topological polar surface area (TPSA) is 52.7 Å². The highest BCUT2D eigenvalue weighted by atomic mass is 16.2. The Morgan fingerprint density at radius 1 is 1.41 bits per heavy atom. The van der Waals surface area contributed by atoms with Crippen LogP contribution in [0.3, 0.4) is 0 Å². The molecule has 2 rings (SSSR count). The first-order chi connectivity index (χ1) is 8.09. The van der Waals surface area contributed by atoms with E-state index in [9.17, 15) is 9.59 Å². The first-order valence-corrected chi connectivity index (χ1v) is 6.37. The molecule has 0 spiro atoms. The molecule has 2 heterocycles. The van der Waals surface area contributed by atoms with Crippen LogP contribution in [0.4, 0.5) is 0 Å². The van der Waals surface area contributed by atoms with Crippen molar-refractivity contribution in [1.29, 1.82) is 0 Å². The summed E-state index contributed by atoms with van der Waals surface area (Å²) in [6.45, 7) is 7.13. The van der Waals surface area contributed by atoms with Gasteiger partial charge in [-0.2, -0.15) is 0 Å². The Morgan fingerprint density at radius 2 is 2.18 bits per heavy atom. The number of carbonyl (C=O) groups excluding carboxylic acids is 2. The van der Waals surface area contributed by atoms with Crippen molar-refractivity contribution >= 4 is 11.8 Å². The number of likely N-dealkylation sites (tertiary alicyclic amines) is 1. The van der Waals surface area contributed by atoms with Crippen molar-refractivity contribution in [3.8, 4) is 0 Å². The lowest BCUT2D eigenvalue weighted by Gasteiger charge is -2.30. The van der Waals surface area contributed by atoms with Crippen LogP contribution < -0.4 is 5.32 Å². The molecule has 0 aromatic carbocycles. The van der Waals surface area contributed by atoms with Crippen molar-refractivity contribution in [2.45, 2.75) is 26.3 Å². The summed E-state index contributed by atoms with van der Waals surface area (Å²) in [6.07, 6.45) is 1.07. The van der Waals surface area contributed by atoms with Crippen molar-refractivity contribution in [2.24, 2.45) is 5.92 Å². The Morgan fingerprint density at radius 3 is 2.76 bits per heavy atom. The average molecular weight is 239 g/mol. The first-order valence-electron chi connectivity index (χ1n) is 6.37. The first kappa shape index (κ1) is 12.4. The summed E-state index contributed by atoms with van der Waals surface area (Å²) in [4.78, 5) is 27.3. The summed E-state index contributed by atoms with van der Waals surface area (Å²) < 4.78 is 0. The van der Waals surface area contributed by atoms with Crippen LogP contribution in [0, 0.1) is 5.92 Å². The fourth-order valence-electron chi connectivity index (χ4n) is 2.51. The average Bonchev–Trinajstić information content (AvgIpc) is 2.63. The minimum atomic E-state index is 0.0319. The minimum Gasteiger partial charge on any atom is -0.338 e. The molecule has 2 aliphatic heterocycles. The molecule has 0 aliphatic carbocycles. The zero-order chi connectivity index (χ0) is 12.4. The van der Waals surface area contributed by atoms with E-state index in [1.807, 2.05) is 4.90 Å². The van der Waals surface area contributed by atoms with E-state index in [1.54, 1.807) is 4.90 Å². The van der Waals surface area contributed by atoms with Crippen LogP contribution in [-0.2, 0) is 9.59 Å². The molecule has 2 fully saturated rings. The Kier molecular flexibility index (Phi) is 3.66. The summed E-state index contributed by atoms with van der Waals surface area (Å²) in [5, 5.41) is 3.01. The highest BCUT2D eigenvalue weighted by molar-refractivity contribution is 5.86. The Bertz CT molecular complexity index is 319. The van der Waals surface area contributed by atoms with Crippen LogP contribution >= 0.6 is 0 Å². The van der Waals surface area contributed by atoms with Gasteiger partial charge in [-0.15, -0.1) is 0 Å². The highest BCUT2D eigenvalue weighted by Gasteiger charge is 2.32. The van der Waals surface area contributed by atoms with Gasteiger partial charge in [0.15, 0.2) is 0 Å². The van der Waals surface area contributed by atoms with Gasteiger partial charge in [-0.05, 0) is 19.3 Å². The molecular formula is C12H21N3O2. The van der Waals surface area contributed by atoms with Crippen LogP contribution in [-0.4, -0.2) is 60.4 Å². The maximum Gasteiger partial charge on any atom is 0.242 e. The smallest absolute Gasteiger partial charge is 0.242 e. The lowest BCUT2D eigenvalue weighted by molar-refractivity contribution is -0.141. The lowest BCUT2D eigenvalue weighted by Crippen LogP contribution is -2.52. The van der Waals surface area contributed by atoms with Gasteiger partial charge >= 0.3 is 0 Å². The van der Waals surface area contributed by atoms with Crippen molar-refractivity contribution < 1.29 is 9.59 Å². The summed E-state index contributed by atoms with van der Waals surface area (Å²) in [5.41, 5.74) is 0. The van der Waals surface area contributed by atoms with E-state index in [0.717, 1.165) is 19.5 Å². The van der Waals surface area contributed by atoms with Crippen LogP contribution in [0.2, 0.25) is 0 Å². The predicted molar refractivity (Wildman–Crippen MR) is 64.4 cm³/mol. The quantitative estimate of drug-likeness (QED) is 0.718. The molecule has 2 atom stereocenters. The van der Waals surface area contributed by atoms with Crippen molar-refractivity contribution in [1.82, 2.24) is 15.1 Å². The van der Waals surface area contributed by atoms with Gasteiger partial charge in [-0.3, -0.25) is 9.59 Å². The van der Waals surface area contributed by atoms with Gasteiger partial charge in [0.2, 0.25) is 11.8 Å². The number of piperazine rings is 1.